The van der Waals surface area contributed by atoms with Crippen molar-refractivity contribution in [1.29, 1.82) is 0 Å². The van der Waals surface area contributed by atoms with Crippen molar-refractivity contribution in [3.63, 3.8) is 0 Å². The lowest BCUT2D eigenvalue weighted by Gasteiger charge is -2.47. The van der Waals surface area contributed by atoms with Crippen LogP contribution in [-0.2, 0) is 0 Å². The van der Waals surface area contributed by atoms with Gasteiger partial charge in [-0.15, -0.1) is 0 Å². The molecule has 26 heavy (non-hydrogen) atoms. The highest BCUT2D eigenvalue weighted by atomic mass is 16.5. The monoisotopic (exact) mass is 352 g/mol. The lowest BCUT2D eigenvalue weighted by Crippen LogP contribution is -2.35. The van der Waals surface area contributed by atoms with Crippen LogP contribution in [0, 0.1) is 5.92 Å². The number of hydrogen-bond acceptors (Lipinski definition) is 3. The number of aliphatic hydroxyl groups excluding tert-OH is 1. The van der Waals surface area contributed by atoms with Gasteiger partial charge < -0.3 is 14.6 Å². The van der Waals surface area contributed by atoms with Crippen LogP contribution in [0.3, 0.4) is 0 Å². The lowest BCUT2D eigenvalue weighted by atomic mass is 9.58. The zero-order valence-electron chi connectivity index (χ0n) is 15.7. The van der Waals surface area contributed by atoms with Gasteiger partial charge in [-0.05, 0) is 71.6 Å². The first-order valence-corrected chi connectivity index (χ1v) is 9.69. The molecule has 2 aromatic carbocycles. The van der Waals surface area contributed by atoms with Gasteiger partial charge in [0.15, 0.2) is 0 Å². The molecule has 4 rings (SSSR count). The van der Waals surface area contributed by atoms with E-state index < -0.39 is 0 Å². The Balaban J connectivity index is 1.81. The molecular weight excluding hydrogens is 324 g/mol. The molecule has 0 radical (unpaired) electrons. The zero-order chi connectivity index (χ0) is 18.1. The first-order chi connectivity index (χ1) is 12.8. The maximum atomic E-state index is 10.3. The van der Waals surface area contributed by atoms with E-state index in [1.807, 2.05) is 18.2 Å². The third kappa shape index (κ3) is 2.88. The third-order valence-electron chi connectivity index (χ3n) is 6.50. The lowest BCUT2D eigenvalue weighted by molar-refractivity contribution is 0.167. The summed E-state index contributed by atoms with van der Waals surface area (Å²) in [4.78, 5) is 0. The number of aliphatic hydroxyl groups is 1. The van der Waals surface area contributed by atoms with Crippen LogP contribution in [0.15, 0.2) is 42.5 Å². The SMILES string of the molecule is COc1ccc([C@H]2[C@H]3CCCC[C@H]3c3cc(OC)ccc3[C@H]2CO)cc1. The van der Waals surface area contributed by atoms with Crippen LogP contribution in [0.1, 0.15) is 60.1 Å². The van der Waals surface area contributed by atoms with Crippen molar-refractivity contribution in [3.8, 4) is 11.5 Å². The summed E-state index contributed by atoms with van der Waals surface area (Å²) in [6, 6.07) is 14.9. The van der Waals surface area contributed by atoms with Crippen LogP contribution in [0.25, 0.3) is 0 Å². The van der Waals surface area contributed by atoms with Crippen LogP contribution in [0.2, 0.25) is 0 Å². The molecule has 3 nitrogen and oxygen atoms in total. The van der Waals surface area contributed by atoms with Crippen molar-refractivity contribution in [2.75, 3.05) is 20.8 Å². The molecule has 1 fully saturated rings. The first-order valence-electron chi connectivity index (χ1n) is 9.69. The maximum Gasteiger partial charge on any atom is 0.119 e. The van der Waals surface area contributed by atoms with Crippen molar-refractivity contribution < 1.29 is 14.6 Å². The number of rotatable bonds is 4. The fourth-order valence-electron chi connectivity index (χ4n) is 5.32. The van der Waals surface area contributed by atoms with E-state index in [4.69, 9.17) is 9.47 Å². The molecule has 138 valence electrons. The highest BCUT2D eigenvalue weighted by Gasteiger charge is 2.44. The molecule has 3 heteroatoms. The van der Waals surface area contributed by atoms with Gasteiger partial charge in [-0.2, -0.15) is 0 Å². The van der Waals surface area contributed by atoms with Crippen LogP contribution in [0.4, 0.5) is 0 Å². The van der Waals surface area contributed by atoms with E-state index in [2.05, 4.69) is 24.3 Å². The number of fused-ring (bicyclic) bond motifs is 3. The van der Waals surface area contributed by atoms with Gasteiger partial charge in [0.25, 0.3) is 0 Å². The smallest absolute Gasteiger partial charge is 0.119 e. The average molecular weight is 352 g/mol. The van der Waals surface area contributed by atoms with Crippen LogP contribution in [-0.4, -0.2) is 25.9 Å². The second-order valence-electron chi connectivity index (χ2n) is 7.64. The molecule has 0 unspecified atom stereocenters. The highest BCUT2D eigenvalue weighted by molar-refractivity contribution is 5.46. The average Bonchev–Trinajstić information content (AvgIpc) is 2.72. The molecule has 0 aromatic heterocycles. The van der Waals surface area contributed by atoms with Gasteiger partial charge >= 0.3 is 0 Å². The summed E-state index contributed by atoms with van der Waals surface area (Å²) in [5.41, 5.74) is 4.03. The van der Waals surface area contributed by atoms with Gasteiger partial charge in [0.2, 0.25) is 0 Å². The minimum Gasteiger partial charge on any atom is -0.497 e. The van der Waals surface area contributed by atoms with Gasteiger partial charge in [-0.25, -0.2) is 0 Å². The molecule has 2 aromatic rings. The fourth-order valence-corrected chi connectivity index (χ4v) is 5.32. The number of methoxy groups -OCH3 is 2. The Morgan fingerprint density at radius 3 is 2.27 bits per heavy atom. The van der Waals surface area contributed by atoms with Gasteiger partial charge in [0.1, 0.15) is 11.5 Å². The summed E-state index contributed by atoms with van der Waals surface area (Å²) in [5, 5.41) is 10.3. The van der Waals surface area contributed by atoms with E-state index >= 15 is 0 Å². The zero-order valence-corrected chi connectivity index (χ0v) is 15.7. The van der Waals surface area contributed by atoms with Crippen molar-refractivity contribution >= 4 is 0 Å². The summed E-state index contributed by atoms with van der Waals surface area (Å²) in [7, 11) is 3.43. The summed E-state index contributed by atoms with van der Waals surface area (Å²) < 4.78 is 10.8. The number of hydrogen-bond donors (Lipinski definition) is 1. The molecule has 0 bridgehead atoms. The van der Waals surface area contributed by atoms with E-state index in [1.54, 1.807) is 14.2 Å². The van der Waals surface area contributed by atoms with Crippen molar-refractivity contribution in [2.24, 2.45) is 5.92 Å². The normalized spacial score (nSPS) is 27.3. The summed E-state index contributed by atoms with van der Waals surface area (Å²) in [6.45, 7) is 0.180. The molecule has 0 saturated heterocycles. The van der Waals surface area contributed by atoms with Crippen molar-refractivity contribution in [3.05, 3.63) is 59.2 Å². The van der Waals surface area contributed by atoms with Crippen molar-refractivity contribution in [2.45, 2.75) is 43.4 Å². The quantitative estimate of drug-likeness (QED) is 0.855. The van der Waals surface area contributed by atoms with Gasteiger partial charge in [-0.1, -0.05) is 31.0 Å². The van der Waals surface area contributed by atoms with E-state index in [0.717, 1.165) is 11.5 Å². The van der Waals surface area contributed by atoms with Crippen LogP contribution < -0.4 is 9.47 Å². The second-order valence-corrected chi connectivity index (χ2v) is 7.64. The molecule has 1 saturated carbocycles. The standard InChI is InChI=1S/C23H28O3/c1-25-16-9-7-15(8-10-16)23-20-6-4-3-5-18(20)21-13-17(26-2)11-12-19(21)22(23)14-24/h7-13,18,20,22-24H,3-6,14H2,1-2H3/t18-,20+,22-,23+/m1/s1. The van der Waals surface area contributed by atoms with Gasteiger partial charge in [0.05, 0.1) is 20.8 Å². The second kappa shape index (κ2) is 7.32. The van der Waals surface area contributed by atoms with Gasteiger partial charge in [0, 0.05) is 5.92 Å². The van der Waals surface area contributed by atoms with E-state index in [0.29, 0.717) is 17.8 Å². The Hall–Kier alpha value is -2.00. The van der Waals surface area contributed by atoms with E-state index in [9.17, 15) is 5.11 Å². The Morgan fingerprint density at radius 2 is 1.58 bits per heavy atom. The van der Waals surface area contributed by atoms with Gasteiger partial charge in [-0.3, -0.25) is 0 Å². The molecule has 1 N–H and O–H groups in total. The van der Waals surface area contributed by atoms with Crippen LogP contribution in [0.5, 0.6) is 11.5 Å². The minimum atomic E-state index is 0.142. The molecule has 0 heterocycles. The Labute approximate surface area is 156 Å². The van der Waals surface area contributed by atoms with Crippen molar-refractivity contribution in [1.82, 2.24) is 0 Å². The molecule has 2 aliphatic carbocycles. The van der Waals surface area contributed by atoms with E-state index in [1.165, 1.54) is 42.4 Å². The largest absolute Gasteiger partial charge is 0.497 e. The molecule has 2 aliphatic rings. The minimum absolute atomic E-state index is 0.142. The first kappa shape index (κ1) is 17.4. The Morgan fingerprint density at radius 1 is 0.885 bits per heavy atom. The predicted molar refractivity (Wildman–Crippen MR) is 103 cm³/mol. The van der Waals surface area contributed by atoms with Crippen LogP contribution >= 0.6 is 0 Å². The Bertz CT molecular complexity index is 753. The molecule has 0 spiro atoms. The third-order valence-corrected chi connectivity index (χ3v) is 6.50. The summed E-state index contributed by atoms with van der Waals surface area (Å²) in [5.74, 6) is 3.45. The predicted octanol–water partition coefficient (Wildman–Crippen LogP) is 4.85. The maximum absolute atomic E-state index is 10.3. The summed E-state index contributed by atoms with van der Waals surface area (Å²) in [6.07, 6.45) is 5.03. The number of ether oxygens (including phenoxy) is 2. The fraction of sp³-hybridized carbons (Fsp3) is 0.478. The number of benzene rings is 2. The molecule has 4 atom stereocenters. The summed E-state index contributed by atoms with van der Waals surface area (Å²) >= 11 is 0. The highest BCUT2D eigenvalue weighted by Crippen LogP contribution is 2.56. The topological polar surface area (TPSA) is 38.7 Å². The molecular formula is C23H28O3. The molecule has 0 aliphatic heterocycles. The molecule has 0 amide bonds. The van der Waals surface area contributed by atoms with E-state index in [-0.39, 0.29) is 12.5 Å². The Kier molecular flexibility index (Phi) is 4.90.